The van der Waals surface area contributed by atoms with Gasteiger partial charge < -0.3 is 0 Å². The lowest BCUT2D eigenvalue weighted by atomic mass is 9.99. The van der Waals surface area contributed by atoms with Crippen LogP contribution in [0.25, 0.3) is 10.4 Å². The van der Waals surface area contributed by atoms with E-state index in [-0.39, 0.29) is 31.3 Å². The molecule has 0 aromatic heterocycles. The van der Waals surface area contributed by atoms with E-state index in [4.69, 9.17) is 5.53 Å². The van der Waals surface area contributed by atoms with E-state index in [2.05, 4.69) is 10.0 Å². The van der Waals surface area contributed by atoms with Gasteiger partial charge in [-0.25, -0.2) is 10.0 Å². The van der Waals surface area contributed by atoms with Gasteiger partial charge in [0.2, 0.25) is 5.91 Å². The third-order valence-electron chi connectivity index (χ3n) is 4.03. The predicted octanol–water partition coefficient (Wildman–Crippen LogP) is 2.94. The number of imide groups is 1. The molecule has 126 valence electrons. The van der Waals surface area contributed by atoms with E-state index in [1.807, 2.05) is 36.4 Å². The molecule has 0 N–H and O–H groups in total. The zero-order chi connectivity index (χ0) is 17.6. The number of rotatable bonds is 6. The largest absolute Gasteiger partial charge is 0.275 e. The molecule has 0 radical (unpaired) electrons. The third-order valence-corrected chi connectivity index (χ3v) is 4.03. The fourth-order valence-electron chi connectivity index (χ4n) is 2.88. The monoisotopic (exact) mass is 335 g/mol. The van der Waals surface area contributed by atoms with Gasteiger partial charge in [0.1, 0.15) is 0 Å². The van der Waals surface area contributed by atoms with Crippen molar-refractivity contribution in [2.24, 2.45) is 5.11 Å². The Labute approximate surface area is 145 Å². The van der Waals surface area contributed by atoms with Crippen LogP contribution in [0.15, 0.2) is 59.7 Å². The van der Waals surface area contributed by atoms with E-state index in [1.54, 1.807) is 23.2 Å². The zero-order valence-electron chi connectivity index (χ0n) is 13.6. The second-order valence-corrected chi connectivity index (χ2v) is 5.67. The molecule has 7 nitrogen and oxygen atoms in total. The summed E-state index contributed by atoms with van der Waals surface area (Å²) >= 11 is 0. The van der Waals surface area contributed by atoms with Crippen molar-refractivity contribution in [2.75, 3.05) is 13.1 Å². The first kappa shape index (κ1) is 16.7. The van der Waals surface area contributed by atoms with Gasteiger partial charge in [-0.15, -0.1) is 0 Å². The van der Waals surface area contributed by atoms with Crippen molar-refractivity contribution in [1.29, 1.82) is 0 Å². The Morgan fingerprint density at radius 2 is 1.80 bits per heavy atom. The minimum atomic E-state index is -0.344. The van der Waals surface area contributed by atoms with Gasteiger partial charge in [0, 0.05) is 30.1 Å². The van der Waals surface area contributed by atoms with Crippen LogP contribution < -0.4 is 0 Å². The summed E-state index contributed by atoms with van der Waals surface area (Å²) in [4.78, 5) is 28.2. The molecule has 3 rings (SSSR count). The van der Waals surface area contributed by atoms with Gasteiger partial charge in [-0.3, -0.25) is 9.59 Å². The van der Waals surface area contributed by atoms with Crippen molar-refractivity contribution in [3.05, 3.63) is 81.7 Å². The highest BCUT2D eigenvalue weighted by molar-refractivity contribution is 6.09. The number of carbonyl (C=O) groups excluding carboxylic acids is 2. The number of hydrogen-bond acceptors (Lipinski definition) is 4. The molecule has 0 aliphatic carbocycles. The van der Waals surface area contributed by atoms with Gasteiger partial charge in [-0.05, 0) is 22.7 Å². The van der Waals surface area contributed by atoms with Crippen LogP contribution in [0.1, 0.15) is 21.5 Å². The van der Waals surface area contributed by atoms with Gasteiger partial charge >= 0.3 is 0 Å². The van der Waals surface area contributed by atoms with Crippen LogP contribution in [0, 0.1) is 0 Å². The SMILES string of the molecule is [N-]=[N+]=NCCN(Cc1ccccc1)N1C(=O)Cc2ccccc2C1=O. The molecule has 0 bridgehead atoms. The molecule has 0 saturated carbocycles. The average molecular weight is 335 g/mol. The Hall–Kier alpha value is -3.15. The smallest absolute Gasteiger partial charge is 0.273 e. The number of nitrogens with zero attached hydrogens (tertiary/aromatic N) is 5. The maximum Gasteiger partial charge on any atom is 0.275 e. The first-order valence-corrected chi connectivity index (χ1v) is 7.95. The lowest BCUT2D eigenvalue weighted by molar-refractivity contribution is -0.143. The van der Waals surface area contributed by atoms with Gasteiger partial charge in [-0.2, -0.15) is 0 Å². The number of benzene rings is 2. The summed E-state index contributed by atoms with van der Waals surface area (Å²) in [6.07, 6.45) is 0.175. The summed E-state index contributed by atoms with van der Waals surface area (Å²) < 4.78 is 0. The van der Waals surface area contributed by atoms with E-state index < -0.39 is 0 Å². The van der Waals surface area contributed by atoms with Crippen molar-refractivity contribution in [3.8, 4) is 0 Å². The van der Waals surface area contributed by atoms with Crippen LogP contribution in [0.2, 0.25) is 0 Å². The van der Waals surface area contributed by atoms with Crippen molar-refractivity contribution >= 4 is 11.8 Å². The lowest BCUT2D eigenvalue weighted by Gasteiger charge is -2.36. The first-order valence-electron chi connectivity index (χ1n) is 7.95. The number of azide groups is 1. The van der Waals surface area contributed by atoms with Gasteiger partial charge in [-0.1, -0.05) is 53.6 Å². The summed E-state index contributed by atoms with van der Waals surface area (Å²) in [6, 6.07) is 16.7. The van der Waals surface area contributed by atoms with E-state index in [0.717, 1.165) is 11.1 Å². The fraction of sp³-hybridized carbons (Fsp3) is 0.222. The summed E-state index contributed by atoms with van der Waals surface area (Å²) in [5, 5.41) is 6.36. The summed E-state index contributed by atoms with van der Waals surface area (Å²) in [7, 11) is 0. The normalized spacial score (nSPS) is 13.6. The molecule has 0 unspecified atom stereocenters. The highest BCUT2D eigenvalue weighted by Crippen LogP contribution is 2.22. The highest BCUT2D eigenvalue weighted by atomic mass is 16.2. The molecule has 7 heteroatoms. The summed E-state index contributed by atoms with van der Waals surface area (Å²) in [5.41, 5.74) is 10.7. The molecule has 0 spiro atoms. The fourth-order valence-corrected chi connectivity index (χ4v) is 2.88. The summed E-state index contributed by atoms with van der Waals surface area (Å²) in [5.74, 6) is -0.621. The molecule has 0 fully saturated rings. The molecule has 1 aliphatic rings. The standard InChI is InChI=1S/C18H17N5O2/c19-21-20-10-11-22(13-14-6-2-1-3-7-14)23-17(24)12-15-8-4-5-9-16(15)18(23)25/h1-9H,10-13H2. The molecule has 2 aromatic carbocycles. The van der Waals surface area contributed by atoms with Crippen molar-refractivity contribution in [3.63, 3.8) is 0 Å². The molecule has 1 aliphatic heterocycles. The molecular weight excluding hydrogens is 318 g/mol. The van der Waals surface area contributed by atoms with Gasteiger partial charge in [0.25, 0.3) is 5.91 Å². The van der Waals surface area contributed by atoms with Gasteiger partial charge in [0.15, 0.2) is 0 Å². The van der Waals surface area contributed by atoms with E-state index in [9.17, 15) is 9.59 Å². The minimum Gasteiger partial charge on any atom is -0.273 e. The van der Waals surface area contributed by atoms with Crippen LogP contribution in [0.3, 0.4) is 0 Å². The maximum absolute atomic E-state index is 12.9. The Kier molecular flexibility index (Phi) is 5.09. The van der Waals surface area contributed by atoms with E-state index in [1.165, 1.54) is 5.01 Å². The topological polar surface area (TPSA) is 89.4 Å². The summed E-state index contributed by atoms with van der Waals surface area (Å²) in [6.45, 7) is 0.822. The van der Waals surface area contributed by atoms with Gasteiger partial charge in [0.05, 0.1) is 6.42 Å². The Balaban J connectivity index is 1.90. The van der Waals surface area contributed by atoms with Crippen LogP contribution in [0.5, 0.6) is 0 Å². The number of fused-ring (bicyclic) bond motifs is 1. The molecule has 2 aromatic rings. The average Bonchev–Trinajstić information content (AvgIpc) is 2.62. The molecule has 25 heavy (non-hydrogen) atoms. The Morgan fingerprint density at radius 1 is 1.08 bits per heavy atom. The van der Waals surface area contributed by atoms with Crippen molar-refractivity contribution in [2.45, 2.75) is 13.0 Å². The number of hydrogen-bond donors (Lipinski definition) is 0. The van der Waals surface area contributed by atoms with Crippen LogP contribution >= 0.6 is 0 Å². The van der Waals surface area contributed by atoms with E-state index >= 15 is 0 Å². The lowest BCUT2D eigenvalue weighted by Crippen LogP contribution is -2.53. The molecule has 2 amide bonds. The number of amides is 2. The minimum absolute atomic E-state index is 0.169. The Morgan fingerprint density at radius 3 is 2.56 bits per heavy atom. The maximum atomic E-state index is 12.9. The zero-order valence-corrected chi connectivity index (χ0v) is 13.6. The highest BCUT2D eigenvalue weighted by Gasteiger charge is 2.34. The molecule has 0 atom stereocenters. The van der Waals surface area contributed by atoms with Crippen LogP contribution in [-0.4, -0.2) is 34.9 Å². The molecule has 0 saturated heterocycles. The first-order chi connectivity index (χ1) is 12.2. The molecular formula is C18H17N5O2. The van der Waals surface area contributed by atoms with Crippen LogP contribution in [-0.2, 0) is 17.8 Å². The predicted molar refractivity (Wildman–Crippen MR) is 92.2 cm³/mol. The Bertz CT molecular complexity index is 830. The number of hydrazine groups is 1. The second kappa shape index (κ2) is 7.61. The number of carbonyl (C=O) groups is 2. The molecule has 1 heterocycles. The van der Waals surface area contributed by atoms with Crippen molar-refractivity contribution < 1.29 is 9.59 Å². The van der Waals surface area contributed by atoms with E-state index in [0.29, 0.717) is 12.1 Å². The third kappa shape index (κ3) is 3.68. The van der Waals surface area contributed by atoms with Crippen molar-refractivity contribution in [1.82, 2.24) is 10.0 Å². The second-order valence-electron chi connectivity index (χ2n) is 5.67. The van der Waals surface area contributed by atoms with Crippen LogP contribution in [0.4, 0.5) is 0 Å². The quantitative estimate of drug-likeness (QED) is 0.352.